The standard InChI is InChI=1S/C8H14N4O3/c1-5(12(14)15)6-2-3-7(4-6)10-11-8(9)13/h5-6H,2-4H2,1H3,(H3,9,11,13). The van der Waals surface area contributed by atoms with E-state index in [1.165, 1.54) is 0 Å². The van der Waals surface area contributed by atoms with Gasteiger partial charge in [0.05, 0.1) is 0 Å². The Kier molecular flexibility index (Phi) is 3.59. The molecule has 0 aromatic rings. The molecule has 0 aromatic heterocycles. The van der Waals surface area contributed by atoms with E-state index in [-0.39, 0.29) is 10.8 Å². The van der Waals surface area contributed by atoms with Crippen LogP contribution in [0.15, 0.2) is 5.10 Å². The minimum absolute atomic E-state index is 0.00780. The zero-order valence-electron chi connectivity index (χ0n) is 8.47. The molecule has 7 nitrogen and oxygen atoms in total. The maximum atomic E-state index is 10.5. The minimum atomic E-state index is -0.715. The second-order valence-electron chi connectivity index (χ2n) is 3.68. The van der Waals surface area contributed by atoms with Crippen LogP contribution in [-0.4, -0.2) is 22.7 Å². The highest BCUT2D eigenvalue weighted by atomic mass is 16.6. The molecule has 1 aliphatic carbocycles. The van der Waals surface area contributed by atoms with E-state index >= 15 is 0 Å². The molecule has 1 aliphatic rings. The zero-order valence-corrected chi connectivity index (χ0v) is 8.47. The van der Waals surface area contributed by atoms with Crippen molar-refractivity contribution in [1.29, 1.82) is 0 Å². The summed E-state index contributed by atoms with van der Waals surface area (Å²) in [4.78, 5) is 20.6. The molecular formula is C8H14N4O3. The van der Waals surface area contributed by atoms with E-state index in [0.29, 0.717) is 12.8 Å². The van der Waals surface area contributed by atoms with Crippen LogP contribution >= 0.6 is 0 Å². The summed E-state index contributed by atoms with van der Waals surface area (Å²) >= 11 is 0. The van der Waals surface area contributed by atoms with Crippen molar-refractivity contribution in [3.63, 3.8) is 0 Å². The van der Waals surface area contributed by atoms with Crippen LogP contribution in [0.25, 0.3) is 0 Å². The summed E-state index contributed by atoms with van der Waals surface area (Å²) in [5.41, 5.74) is 7.75. The van der Waals surface area contributed by atoms with Crippen molar-refractivity contribution in [2.24, 2.45) is 16.8 Å². The van der Waals surface area contributed by atoms with Crippen LogP contribution in [-0.2, 0) is 0 Å². The van der Waals surface area contributed by atoms with Gasteiger partial charge < -0.3 is 5.73 Å². The molecule has 1 fully saturated rings. The van der Waals surface area contributed by atoms with Gasteiger partial charge in [-0.05, 0) is 19.3 Å². The van der Waals surface area contributed by atoms with E-state index in [4.69, 9.17) is 5.73 Å². The summed E-state index contributed by atoms with van der Waals surface area (Å²) in [5.74, 6) is 0.00780. The van der Waals surface area contributed by atoms with Gasteiger partial charge in [-0.25, -0.2) is 10.2 Å². The monoisotopic (exact) mass is 214 g/mol. The van der Waals surface area contributed by atoms with Gasteiger partial charge in [0.2, 0.25) is 6.04 Å². The number of amides is 2. The number of nitro groups is 1. The summed E-state index contributed by atoms with van der Waals surface area (Å²) in [6.45, 7) is 1.59. The quantitative estimate of drug-likeness (QED) is 0.526. The van der Waals surface area contributed by atoms with Crippen molar-refractivity contribution in [3.8, 4) is 0 Å². The molecule has 2 atom stereocenters. The SMILES string of the molecule is CC(C1CCC(=NNC(N)=O)C1)[N+](=O)[O-]. The highest BCUT2D eigenvalue weighted by molar-refractivity contribution is 5.87. The van der Waals surface area contributed by atoms with Crippen molar-refractivity contribution in [1.82, 2.24) is 5.43 Å². The molecule has 1 rings (SSSR count). The number of hydrogen-bond donors (Lipinski definition) is 2. The molecule has 0 aromatic carbocycles. The lowest BCUT2D eigenvalue weighted by atomic mass is 10.0. The lowest BCUT2D eigenvalue weighted by Crippen LogP contribution is -2.26. The first-order valence-electron chi connectivity index (χ1n) is 4.75. The van der Waals surface area contributed by atoms with Crippen LogP contribution in [0.3, 0.4) is 0 Å². The summed E-state index contributed by atoms with van der Waals surface area (Å²) < 4.78 is 0. The molecule has 0 heterocycles. The van der Waals surface area contributed by atoms with Crippen LogP contribution in [0.2, 0.25) is 0 Å². The van der Waals surface area contributed by atoms with Gasteiger partial charge >= 0.3 is 6.03 Å². The zero-order chi connectivity index (χ0) is 11.4. The van der Waals surface area contributed by atoms with E-state index in [0.717, 1.165) is 12.1 Å². The third-order valence-electron chi connectivity index (χ3n) is 2.64. The van der Waals surface area contributed by atoms with Gasteiger partial charge in [0.25, 0.3) is 0 Å². The number of primary amides is 1. The third-order valence-corrected chi connectivity index (χ3v) is 2.64. The summed E-state index contributed by atoms with van der Waals surface area (Å²) in [6.07, 6.45) is 1.98. The predicted molar refractivity (Wildman–Crippen MR) is 54.0 cm³/mol. The second kappa shape index (κ2) is 4.72. The first-order valence-corrected chi connectivity index (χ1v) is 4.75. The number of nitrogens with zero attached hydrogens (tertiary/aromatic N) is 2. The lowest BCUT2D eigenvalue weighted by Gasteiger charge is -2.09. The Morgan fingerprint density at radius 1 is 1.80 bits per heavy atom. The van der Waals surface area contributed by atoms with Crippen molar-refractivity contribution < 1.29 is 9.72 Å². The summed E-state index contributed by atoms with van der Waals surface area (Å²) in [7, 11) is 0. The molecular weight excluding hydrogens is 200 g/mol. The maximum absolute atomic E-state index is 10.5. The van der Waals surface area contributed by atoms with Gasteiger partial charge in [-0.1, -0.05) is 0 Å². The molecule has 1 saturated carbocycles. The number of carbonyl (C=O) groups excluding carboxylic acids is 1. The number of hydrogen-bond acceptors (Lipinski definition) is 4. The summed E-state index contributed by atoms with van der Waals surface area (Å²) in [5, 5.41) is 14.3. The van der Waals surface area contributed by atoms with Crippen molar-refractivity contribution in [2.75, 3.05) is 0 Å². The molecule has 15 heavy (non-hydrogen) atoms. The fourth-order valence-corrected chi connectivity index (χ4v) is 1.68. The first-order chi connectivity index (χ1) is 7.00. The molecule has 0 radical (unpaired) electrons. The number of nitrogens with two attached hydrogens (primary N) is 1. The highest BCUT2D eigenvalue weighted by Gasteiger charge is 2.32. The van der Waals surface area contributed by atoms with Gasteiger partial charge in [-0.2, -0.15) is 5.10 Å². The molecule has 0 bridgehead atoms. The normalized spacial score (nSPS) is 25.1. The van der Waals surface area contributed by atoms with Crippen LogP contribution in [0.4, 0.5) is 4.79 Å². The molecule has 2 unspecified atom stereocenters. The lowest BCUT2D eigenvalue weighted by molar-refractivity contribution is -0.527. The Balaban J connectivity index is 2.48. The molecule has 0 aliphatic heterocycles. The summed E-state index contributed by atoms with van der Waals surface area (Å²) in [6, 6.07) is -1.28. The van der Waals surface area contributed by atoms with Gasteiger partial charge in [-0.3, -0.25) is 10.1 Å². The van der Waals surface area contributed by atoms with Crippen LogP contribution in [0, 0.1) is 16.0 Å². The molecule has 84 valence electrons. The number of nitrogens with one attached hydrogen (secondary N) is 1. The maximum Gasteiger partial charge on any atom is 0.332 e. The molecule has 0 saturated heterocycles. The average molecular weight is 214 g/mol. The Hall–Kier alpha value is -1.66. The third kappa shape index (κ3) is 3.19. The van der Waals surface area contributed by atoms with Crippen LogP contribution in [0.1, 0.15) is 26.2 Å². The smallest absolute Gasteiger partial charge is 0.332 e. The molecule has 7 heteroatoms. The number of carbonyl (C=O) groups is 1. The van der Waals surface area contributed by atoms with Gasteiger partial charge in [0.1, 0.15) is 0 Å². The van der Waals surface area contributed by atoms with Crippen molar-refractivity contribution >= 4 is 11.7 Å². The first kappa shape index (κ1) is 11.4. The molecule has 0 spiro atoms. The fourth-order valence-electron chi connectivity index (χ4n) is 1.68. The van der Waals surface area contributed by atoms with Crippen molar-refractivity contribution in [2.45, 2.75) is 32.2 Å². The second-order valence-corrected chi connectivity index (χ2v) is 3.68. The molecule has 2 amide bonds. The average Bonchev–Trinajstić information content (AvgIpc) is 2.61. The Bertz CT molecular complexity index is 302. The number of urea groups is 1. The van der Waals surface area contributed by atoms with Gasteiger partial charge in [-0.15, -0.1) is 0 Å². The van der Waals surface area contributed by atoms with E-state index in [9.17, 15) is 14.9 Å². The number of hydrazone groups is 1. The Morgan fingerprint density at radius 2 is 2.47 bits per heavy atom. The van der Waals surface area contributed by atoms with E-state index in [1.54, 1.807) is 6.92 Å². The predicted octanol–water partition coefficient (Wildman–Crippen LogP) is 0.476. The van der Waals surface area contributed by atoms with Crippen molar-refractivity contribution in [3.05, 3.63) is 10.1 Å². The van der Waals surface area contributed by atoms with E-state index in [1.807, 2.05) is 0 Å². The highest BCUT2D eigenvalue weighted by Crippen LogP contribution is 2.27. The van der Waals surface area contributed by atoms with Gasteiger partial charge in [0.15, 0.2) is 0 Å². The van der Waals surface area contributed by atoms with Crippen LogP contribution < -0.4 is 11.2 Å². The van der Waals surface area contributed by atoms with Gasteiger partial charge in [0, 0.05) is 23.5 Å². The minimum Gasteiger partial charge on any atom is -0.350 e. The largest absolute Gasteiger partial charge is 0.350 e. The Morgan fingerprint density at radius 3 is 3.00 bits per heavy atom. The Labute approximate surface area is 86.9 Å². The molecule has 3 N–H and O–H groups in total. The number of rotatable bonds is 3. The van der Waals surface area contributed by atoms with Crippen LogP contribution in [0.5, 0.6) is 0 Å². The van der Waals surface area contributed by atoms with E-state index in [2.05, 4.69) is 10.5 Å². The van der Waals surface area contributed by atoms with E-state index < -0.39 is 12.1 Å². The topological polar surface area (TPSA) is 111 Å². The fraction of sp³-hybridized carbons (Fsp3) is 0.750.